The number of benzene rings is 1. The minimum absolute atomic E-state index is 0.406. The van der Waals surface area contributed by atoms with Crippen molar-refractivity contribution in [3.05, 3.63) is 35.4 Å². The predicted molar refractivity (Wildman–Crippen MR) is 81.6 cm³/mol. The van der Waals surface area contributed by atoms with Crippen LogP contribution in [0.3, 0.4) is 0 Å². The summed E-state index contributed by atoms with van der Waals surface area (Å²) < 4.78 is 5.99. The van der Waals surface area contributed by atoms with Crippen LogP contribution in [0.15, 0.2) is 24.3 Å². The number of phenolic OH excluding ortho intramolecular Hbond substituents is 1. The van der Waals surface area contributed by atoms with Gasteiger partial charge in [0.15, 0.2) is 0 Å². The Morgan fingerprint density at radius 2 is 1.80 bits per heavy atom. The Hall–Kier alpha value is -1.44. The summed E-state index contributed by atoms with van der Waals surface area (Å²) in [4.78, 5) is 0. The van der Waals surface area contributed by atoms with Crippen LogP contribution in [0.5, 0.6) is 11.5 Å². The Bertz CT molecular complexity index is 504. The van der Waals surface area contributed by atoms with Crippen molar-refractivity contribution in [1.82, 2.24) is 0 Å². The summed E-state index contributed by atoms with van der Waals surface area (Å²) in [6.07, 6.45) is 11.9. The molecule has 0 aromatic heterocycles. The highest BCUT2D eigenvalue weighted by Crippen LogP contribution is 2.54. The summed E-state index contributed by atoms with van der Waals surface area (Å²) in [5.41, 5.74) is 2.35. The van der Waals surface area contributed by atoms with Crippen LogP contribution in [0.2, 0.25) is 0 Å². The molecule has 0 fully saturated rings. The van der Waals surface area contributed by atoms with E-state index in [4.69, 9.17) is 4.74 Å². The quantitative estimate of drug-likeness (QED) is 0.566. The molecule has 20 heavy (non-hydrogen) atoms. The van der Waals surface area contributed by atoms with Crippen LogP contribution in [0, 0.1) is 0 Å². The first kappa shape index (κ1) is 13.5. The molecular formula is C18H24O2. The molecular weight excluding hydrogens is 248 g/mol. The lowest BCUT2D eigenvalue weighted by Gasteiger charge is -2.17. The van der Waals surface area contributed by atoms with Gasteiger partial charge in [0, 0.05) is 23.0 Å². The second kappa shape index (κ2) is 5.90. The third-order valence-electron chi connectivity index (χ3n) is 4.55. The average molecular weight is 272 g/mol. The molecule has 0 spiro atoms. The van der Waals surface area contributed by atoms with Crippen LogP contribution in [0.4, 0.5) is 0 Å². The number of hydrogen-bond donors (Lipinski definition) is 1. The van der Waals surface area contributed by atoms with Crippen LogP contribution < -0.4 is 4.74 Å². The molecule has 108 valence electrons. The molecule has 2 nitrogen and oxygen atoms in total. The second-order valence-electron chi connectivity index (χ2n) is 6.01. The molecule has 0 heterocycles. The van der Waals surface area contributed by atoms with Gasteiger partial charge >= 0.3 is 0 Å². The van der Waals surface area contributed by atoms with E-state index >= 15 is 0 Å². The average Bonchev–Trinajstić information content (AvgIpc) is 3.06. The van der Waals surface area contributed by atoms with Crippen LogP contribution in [-0.2, 0) is 0 Å². The third-order valence-corrected chi connectivity index (χ3v) is 4.55. The summed E-state index contributed by atoms with van der Waals surface area (Å²) in [6, 6.07) is 3.73. The summed E-state index contributed by atoms with van der Waals surface area (Å²) in [6.45, 7) is 3.03. The van der Waals surface area contributed by atoms with Crippen molar-refractivity contribution in [1.29, 1.82) is 0 Å². The molecule has 0 saturated carbocycles. The van der Waals surface area contributed by atoms with Gasteiger partial charge in [-0.25, -0.2) is 0 Å². The molecule has 3 rings (SSSR count). The first-order valence-electron chi connectivity index (χ1n) is 7.98. The Labute approximate surface area is 121 Å². The van der Waals surface area contributed by atoms with E-state index in [1.165, 1.54) is 31.2 Å². The van der Waals surface area contributed by atoms with E-state index in [1.807, 2.05) is 6.07 Å². The van der Waals surface area contributed by atoms with Gasteiger partial charge in [0.2, 0.25) is 0 Å². The maximum atomic E-state index is 10.1. The van der Waals surface area contributed by atoms with Gasteiger partial charge < -0.3 is 9.84 Å². The number of phenols is 1. The number of rotatable bonds is 7. The van der Waals surface area contributed by atoms with Crippen molar-refractivity contribution in [3.63, 3.8) is 0 Å². The Morgan fingerprint density at radius 1 is 1.05 bits per heavy atom. The summed E-state index contributed by atoms with van der Waals surface area (Å²) >= 11 is 0. The first-order valence-corrected chi connectivity index (χ1v) is 7.98. The molecule has 2 heteroatoms. The Morgan fingerprint density at radius 3 is 2.60 bits per heavy atom. The molecule has 2 unspecified atom stereocenters. The molecule has 0 amide bonds. The molecule has 1 aromatic carbocycles. The van der Waals surface area contributed by atoms with Crippen molar-refractivity contribution in [2.45, 2.75) is 57.3 Å². The minimum Gasteiger partial charge on any atom is -0.508 e. The van der Waals surface area contributed by atoms with E-state index < -0.39 is 0 Å². The smallest absolute Gasteiger partial charge is 0.123 e. The summed E-state index contributed by atoms with van der Waals surface area (Å²) in [5, 5.41) is 10.1. The zero-order valence-corrected chi connectivity index (χ0v) is 12.3. The molecule has 1 N–H and O–H groups in total. The number of unbranched alkanes of at least 4 members (excludes halogenated alkanes) is 4. The Kier molecular flexibility index (Phi) is 4.00. The SMILES string of the molecule is CCCCCCCOc1ccc(O)c2c1C1C=CC2C1. The second-order valence-corrected chi connectivity index (χ2v) is 6.01. The van der Waals surface area contributed by atoms with E-state index in [2.05, 4.69) is 19.1 Å². The van der Waals surface area contributed by atoms with Gasteiger partial charge in [0.1, 0.15) is 11.5 Å². The molecule has 0 aliphatic heterocycles. The number of hydrogen-bond acceptors (Lipinski definition) is 2. The van der Waals surface area contributed by atoms with E-state index in [-0.39, 0.29) is 0 Å². The van der Waals surface area contributed by atoms with Crippen LogP contribution in [-0.4, -0.2) is 11.7 Å². The monoisotopic (exact) mass is 272 g/mol. The third kappa shape index (κ3) is 2.44. The molecule has 2 aliphatic rings. The van der Waals surface area contributed by atoms with E-state index in [0.29, 0.717) is 17.6 Å². The number of ether oxygens (including phenoxy) is 1. The van der Waals surface area contributed by atoms with Gasteiger partial charge in [-0.2, -0.15) is 0 Å². The number of fused-ring (bicyclic) bond motifs is 5. The normalized spacial score (nSPS) is 22.2. The molecule has 0 saturated heterocycles. The van der Waals surface area contributed by atoms with Crippen molar-refractivity contribution in [3.8, 4) is 11.5 Å². The van der Waals surface area contributed by atoms with Crippen LogP contribution in [0.25, 0.3) is 0 Å². The van der Waals surface area contributed by atoms with Gasteiger partial charge in [0.25, 0.3) is 0 Å². The van der Waals surface area contributed by atoms with Crippen molar-refractivity contribution < 1.29 is 9.84 Å². The predicted octanol–water partition coefficient (Wildman–Crippen LogP) is 4.88. The first-order chi connectivity index (χ1) is 9.81. The highest BCUT2D eigenvalue weighted by Gasteiger charge is 2.37. The van der Waals surface area contributed by atoms with Crippen molar-refractivity contribution in [2.75, 3.05) is 6.61 Å². The van der Waals surface area contributed by atoms with Crippen LogP contribution >= 0.6 is 0 Å². The lowest BCUT2D eigenvalue weighted by Crippen LogP contribution is -2.03. The summed E-state index contributed by atoms with van der Waals surface area (Å²) in [7, 11) is 0. The van der Waals surface area contributed by atoms with Gasteiger partial charge in [-0.3, -0.25) is 0 Å². The highest BCUT2D eigenvalue weighted by molar-refractivity contribution is 5.59. The molecule has 1 aromatic rings. The molecule has 2 atom stereocenters. The molecule has 2 bridgehead atoms. The van der Waals surface area contributed by atoms with Gasteiger partial charge in [-0.15, -0.1) is 0 Å². The van der Waals surface area contributed by atoms with Crippen molar-refractivity contribution in [2.24, 2.45) is 0 Å². The highest BCUT2D eigenvalue weighted by atomic mass is 16.5. The summed E-state index contributed by atoms with van der Waals surface area (Å²) in [5.74, 6) is 2.29. The largest absolute Gasteiger partial charge is 0.508 e. The molecule has 2 aliphatic carbocycles. The zero-order chi connectivity index (χ0) is 13.9. The van der Waals surface area contributed by atoms with Crippen LogP contribution in [0.1, 0.15) is 68.4 Å². The zero-order valence-electron chi connectivity index (χ0n) is 12.3. The minimum atomic E-state index is 0.406. The van der Waals surface area contributed by atoms with E-state index in [9.17, 15) is 5.11 Å². The fourth-order valence-electron chi connectivity index (χ4n) is 3.52. The van der Waals surface area contributed by atoms with E-state index in [0.717, 1.165) is 30.8 Å². The standard InChI is InChI=1S/C18H24O2/c1-2-3-4-5-6-11-20-16-10-9-15(19)17-13-7-8-14(12-13)18(16)17/h7-10,13-14,19H,2-6,11-12H2,1H3. The van der Waals surface area contributed by atoms with Gasteiger partial charge in [-0.05, 0) is 25.0 Å². The van der Waals surface area contributed by atoms with Crippen molar-refractivity contribution >= 4 is 0 Å². The lowest BCUT2D eigenvalue weighted by molar-refractivity contribution is 0.300. The van der Waals surface area contributed by atoms with Gasteiger partial charge in [-0.1, -0.05) is 44.8 Å². The molecule has 0 radical (unpaired) electrons. The van der Waals surface area contributed by atoms with Gasteiger partial charge in [0.05, 0.1) is 6.61 Å². The fraction of sp³-hybridized carbons (Fsp3) is 0.556. The maximum absolute atomic E-state index is 10.1. The van der Waals surface area contributed by atoms with E-state index in [1.54, 1.807) is 6.07 Å². The lowest BCUT2D eigenvalue weighted by atomic mass is 9.95. The Balaban J connectivity index is 1.62. The number of allylic oxidation sites excluding steroid dienone is 2. The topological polar surface area (TPSA) is 29.5 Å². The number of aromatic hydroxyl groups is 1. The maximum Gasteiger partial charge on any atom is 0.123 e. The fourth-order valence-corrected chi connectivity index (χ4v) is 3.52.